The lowest BCUT2D eigenvalue weighted by Crippen LogP contribution is -2.16. The van der Waals surface area contributed by atoms with E-state index in [4.69, 9.17) is 0 Å². The van der Waals surface area contributed by atoms with E-state index in [1.165, 1.54) is 23.5 Å². The number of hydrogen-bond acceptors (Lipinski definition) is 9. The second-order valence-corrected chi connectivity index (χ2v) is 9.16. The van der Waals surface area contributed by atoms with E-state index in [2.05, 4.69) is 31.1 Å². The first-order chi connectivity index (χ1) is 16.3. The van der Waals surface area contributed by atoms with Gasteiger partial charge < -0.3 is 0 Å². The molecular formula is C22H16N8OS2. The fourth-order valence-corrected chi connectivity index (χ4v) is 5.26. The lowest BCUT2D eigenvalue weighted by Gasteiger charge is -2.14. The Morgan fingerprint density at radius 2 is 1.06 bits per heavy atom. The van der Waals surface area contributed by atoms with Crippen molar-refractivity contribution in [2.75, 3.05) is 0 Å². The van der Waals surface area contributed by atoms with Crippen LogP contribution in [0.15, 0.2) is 101 Å². The summed E-state index contributed by atoms with van der Waals surface area (Å²) in [6, 6.07) is 28.2. The van der Waals surface area contributed by atoms with Crippen molar-refractivity contribution >= 4 is 29.3 Å². The Morgan fingerprint density at radius 1 is 0.636 bits per heavy atom. The smallest absolute Gasteiger partial charge is 0.215 e. The molecule has 5 rings (SSSR count). The van der Waals surface area contributed by atoms with Gasteiger partial charge in [-0.2, -0.15) is 9.36 Å². The Labute approximate surface area is 197 Å². The van der Waals surface area contributed by atoms with Crippen molar-refractivity contribution in [1.82, 2.24) is 40.4 Å². The number of aromatic nitrogens is 8. The summed E-state index contributed by atoms with van der Waals surface area (Å²) in [6.45, 7) is 0. The number of benzene rings is 3. The molecule has 0 unspecified atom stereocenters. The highest BCUT2D eigenvalue weighted by molar-refractivity contribution is 8.18. The number of thioether (sulfide) groups is 2. The van der Waals surface area contributed by atoms with E-state index in [1.807, 2.05) is 78.9 Å². The summed E-state index contributed by atoms with van der Waals surface area (Å²) >= 11 is 2.51. The minimum Gasteiger partial charge on any atom is -0.292 e. The molecule has 0 N–H and O–H groups in total. The van der Waals surface area contributed by atoms with Crippen LogP contribution in [0.2, 0.25) is 0 Å². The third-order valence-electron chi connectivity index (χ3n) is 4.58. The van der Waals surface area contributed by atoms with Crippen LogP contribution in [-0.4, -0.2) is 50.8 Å². The van der Waals surface area contributed by atoms with Gasteiger partial charge in [0.1, 0.15) is 4.58 Å². The van der Waals surface area contributed by atoms with Gasteiger partial charge in [-0.3, -0.25) is 4.79 Å². The van der Waals surface area contributed by atoms with Crippen LogP contribution in [0.3, 0.4) is 0 Å². The Bertz CT molecular complexity index is 1260. The number of ketones is 1. The zero-order chi connectivity index (χ0) is 22.5. The molecule has 0 atom stereocenters. The first-order valence-electron chi connectivity index (χ1n) is 9.90. The van der Waals surface area contributed by atoms with E-state index in [0.717, 1.165) is 11.4 Å². The molecule has 0 bridgehead atoms. The first kappa shape index (κ1) is 21.0. The lowest BCUT2D eigenvalue weighted by atomic mass is 10.1. The van der Waals surface area contributed by atoms with Gasteiger partial charge in [0.15, 0.2) is 5.78 Å². The van der Waals surface area contributed by atoms with E-state index in [-0.39, 0.29) is 5.78 Å². The maximum Gasteiger partial charge on any atom is 0.215 e. The van der Waals surface area contributed by atoms with Crippen molar-refractivity contribution in [3.05, 3.63) is 96.6 Å². The number of carbonyl (C=O) groups excluding carboxylic acids is 1. The van der Waals surface area contributed by atoms with Crippen LogP contribution in [0.25, 0.3) is 11.4 Å². The van der Waals surface area contributed by atoms with Crippen molar-refractivity contribution in [1.29, 1.82) is 0 Å². The molecule has 162 valence electrons. The summed E-state index contributed by atoms with van der Waals surface area (Å²) in [5.74, 6) is -0.0872. The van der Waals surface area contributed by atoms with Gasteiger partial charge >= 0.3 is 0 Å². The Kier molecular flexibility index (Phi) is 6.22. The van der Waals surface area contributed by atoms with Crippen LogP contribution in [0, 0.1) is 0 Å². The largest absolute Gasteiger partial charge is 0.292 e. The van der Waals surface area contributed by atoms with Gasteiger partial charge in [0.05, 0.1) is 11.4 Å². The van der Waals surface area contributed by atoms with Crippen molar-refractivity contribution in [3.63, 3.8) is 0 Å². The summed E-state index contributed by atoms with van der Waals surface area (Å²) in [5.41, 5.74) is 2.19. The number of tetrazole rings is 2. The first-order valence-corrected chi connectivity index (χ1v) is 11.7. The zero-order valence-corrected chi connectivity index (χ0v) is 18.7. The second-order valence-electron chi connectivity index (χ2n) is 6.72. The maximum absolute atomic E-state index is 13.5. The number of hydrogen-bond donors (Lipinski definition) is 0. The number of rotatable bonds is 8. The summed E-state index contributed by atoms with van der Waals surface area (Å²) in [5, 5.41) is 25.1. The molecular weight excluding hydrogens is 456 g/mol. The summed E-state index contributed by atoms with van der Waals surface area (Å²) in [7, 11) is 0. The molecule has 3 aromatic carbocycles. The van der Waals surface area contributed by atoms with E-state index in [9.17, 15) is 4.79 Å². The van der Waals surface area contributed by atoms with Gasteiger partial charge in [0.2, 0.25) is 10.3 Å². The van der Waals surface area contributed by atoms with Crippen LogP contribution in [0.4, 0.5) is 0 Å². The molecule has 0 spiro atoms. The molecule has 0 fully saturated rings. The van der Waals surface area contributed by atoms with Gasteiger partial charge in [-0.15, -0.1) is 10.2 Å². The van der Waals surface area contributed by atoms with Crippen LogP contribution in [0.1, 0.15) is 10.4 Å². The topological polar surface area (TPSA) is 104 Å². The van der Waals surface area contributed by atoms with Crippen molar-refractivity contribution in [3.8, 4) is 11.4 Å². The van der Waals surface area contributed by atoms with E-state index >= 15 is 0 Å². The molecule has 33 heavy (non-hydrogen) atoms. The van der Waals surface area contributed by atoms with Gasteiger partial charge in [0.25, 0.3) is 0 Å². The number of carbonyl (C=O) groups is 1. The van der Waals surface area contributed by atoms with Crippen molar-refractivity contribution < 1.29 is 4.79 Å². The van der Waals surface area contributed by atoms with E-state index in [0.29, 0.717) is 15.9 Å². The quantitative estimate of drug-likeness (QED) is 0.190. The molecule has 0 aliphatic heterocycles. The fourth-order valence-electron chi connectivity index (χ4n) is 3.03. The highest BCUT2D eigenvalue weighted by atomic mass is 32.2. The highest BCUT2D eigenvalue weighted by Gasteiger charge is 2.28. The summed E-state index contributed by atoms with van der Waals surface area (Å²) in [4.78, 5) is 13.5. The molecule has 5 aromatic rings. The van der Waals surface area contributed by atoms with Gasteiger partial charge in [-0.25, -0.2) is 0 Å². The minimum absolute atomic E-state index is 0.0872. The second kappa shape index (κ2) is 9.76. The monoisotopic (exact) mass is 472 g/mol. The van der Waals surface area contributed by atoms with Gasteiger partial charge in [-0.1, -0.05) is 90.3 Å². The molecule has 2 heterocycles. The van der Waals surface area contributed by atoms with Crippen LogP contribution >= 0.6 is 23.5 Å². The third kappa shape index (κ3) is 4.69. The van der Waals surface area contributed by atoms with E-state index < -0.39 is 4.58 Å². The Balaban J connectivity index is 1.49. The van der Waals surface area contributed by atoms with Gasteiger partial charge in [0, 0.05) is 5.56 Å². The molecule has 0 saturated carbocycles. The maximum atomic E-state index is 13.5. The van der Waals surface area contributed by atoms with Crippen molar-refractivity contribution in [2.45, 2.75) is 14.9 Å². The van der Waals surface area contributed by atoms with Crippen LogP contribution < -0.4 is 0 Å². The van der Waals surface area contributed by atoms with Gasteiger partial charge in [-0.05, 0) is 45.1 Å². The standard InChI is InChI=1S/C22H16N8OS2/c31-19(16-10-4-1-5-11-16)20(32-21-23-25-27-29(21)17-12-6-2-7-13-17)33-22-24-26-28-30(22)18-14-8-3-9-15-18/h1-15,20H. The lowest BCUT2D eigenvalue weighted by molar-refractivity contribution is 0.101. The molecule has 0 aliphatic carbocycles. The third-order valence-corrected chi connectivity index (χ3v) is 6.95. The molecule has 0 saturated heterocycles. The summed E-state index contributed by atoms with van der Waals surface area (Å²) in [6.07, 6.45) is 0. The number of nitrogens with zero attached hydrogens (tertiary/aromatic N) is 8. The molecule has 0 amide bonds. The predicted molar refractivity (Wildman–Crippen MR) is 125 cm³/mol. The normalized spacial score (nSPS) is 11.1. The number of Topliss-reactive ketones (excluding diaryl/α,β-unsaturated/α-hetero) is 1. The Hall–Kier alpha value is -3.83. The average molecular weight is 473 g/mol. The van der Waals surface area contributed by atoms with Crippen molar-refractivity contribution in [2.24, 2.45) is 0 Å². The molecule has 0 radical (unpaired) electrons. The Morgan fingerprint density at radius 3 is 1.52 bits per heavy atom. The van der Waals surface area contributed by atoms with Crippen LogP contribution in [-0.2, 0) is 0 Å². The van der Waals surface area contributed by atoms with E-state index in [1.54, 1.807) is 21.5 Å². The molecule has 9 nitrogen and oxygen atoms in total. The molecule has 2 aromatic heterocycles. The average Bonchev–Trinajstić information content (AvgIpc) is 3.54. The SMILES string of the molecule is O=C(c1ccccc1)C(Sc1nnnn1-c1ccccc1)Sc1nnnn1-c1ccccc1. The summed E-state index contributed by atoms with van der Waals surface area (Å²) < 4.78 is 2.59. The molecule has 0 aliphatic rings. The number of para-hydroxylation sites is 2. The molecule has 11 heteroatoms. The zero-order valence-electron chi connectivity index (χ0n) is 17.0. The predicted octanol–water partition coefficient (Wildman–Crippen LogP) is 3.73. The highest BCUT2D eigenvalue weighted by Crippen LogP contribution is 2.36. The fraction of sp³-hybridized carbons (Fsp3) is 0.0455. The van der Waals surface area contributed by atoms with Crippen LogP contribution in [0.5, 0.6) is 0 Å². The minimum atomic E-state index is -0.630.